The number of phosphoric acid groups is 1. The minimum Gasteiger partial charge on any atom is -0.462 e. The maximum absolute atomic E-state index is 12.8. The number of aliphatic hydroxyl groups excluding tert-OH is 3. The molecule has 0 aromatic rings. The van der Waals surface area contributed by atoms with Gasteiger partial charge in [0.1, 0.15) is 19.8 Å². The van der Waals surface area contributed by atoms with Crippen LogP contribution in [-0.2, 0) is 37.4 Å². The lowest BCUT2D eigenvalue weighted by Gasteiger charge is -2.36. The van der Waals surface area contributed by atoms with Gasteiger partial charge in [-0.15, -0.1) is 0 Å². The summed E-state index contributed by atoms with van der Waals surface area (Å²) in [4.78, 5) is 35.5. The van der Waals surface area contributed by atoms with Gasteiger partial charge < -0.3 is 38.9 Å². The molecule has 1 saturated heterocycles. The average molecular weight is 847 g/mol. The van der Waals surface area contributed by atoms with E-state index in [1.807, 2.05) is 33.3 Å². The van der Waals surface area contributed by atoms with Gasteiger partial charge in [-0.25, -0.2) is 4.57 Å². The fourth-order valence-corrected chi connectivity index (χ4v) is 7.08. The summed E-state index contributed by atoms with van der Waals surface area (Å²) in [7, 11) is 1.30. The summed E-state index contributed by atoms with van der Waals surface area (Å²) in [5.41, 5.74) is 0. The van der Waals surface area contributed by atoms with E-state index in [0.717, 1.165) is 57.8 Å². The zero-order valence-electron chi connectivity index (χ0n) is 36.6. The van der Waals surface area contributed by atoms with Crippen LogP contribution in [0.15, 0.2) is 36.5 Å². The van der Waals surface area contributed by atoms with Crippen LogP contribution < -0.4 is 0 Å². The number of aliphatic hydroxyl groups is 3. The molecule has 13 nitrogen and oxygen atoms in total. The average Bonchev–Trinajstić information content (AvgIpc) is 3.15. The van der Waals surface area contributed by atoms with Crippen molar-refractivity contribution >= 4 is 19.8 Å². The van der Waals surface area contributed by atoms with Gasteiger partial charge in [-0.3, -0.25) is 18.6 Å². The Morgan fingerprint density at radius 2 is 1.40 bits per heavy atom. The second-order valence-corrected chi connectivity index (χ2v) is 18.1. The van der Waals surface area contributed by atoms with E-state index in [4.69, 9.17) is 23.3 Å². The first-order chi connectivity index (χ1) is 27.7. The summed E-state index contributed by atoms with van der Waals surface area (Å²) in [6.07, 6.45) is 25.3. The minimum absolute atomic E-state index is 0.0195. The molecular weight excluding hydrogens is 765 g/mol. The molecule has 1 aliphatic rings. The summed E-state index contributed by atoms with van der Waals surface area (Å²) in [5.74, 6) is -1.32. The summed E-state index contributed by atoms with van der Waals surface area (Å²) in [6, 6.07) is 0. The van der Waals surface area contributed by atoms with Gasteiger partial charge in [-0.05, 0) is 57.8 Å². The third-order valence-electron chi connectivity index (χ3n) is 9.94. The number of likely N-dealkylation sites (N-methyl/N-ethyl adjacent to an activating group) is 1. The second-order valence-electron chi connectivity index (χ2n) is 16.6. The minimum atomic E-state index is -4.45. The molecule has 1 heterocycles. The molecular formula is C44H81NO12P+. The van der Waals surface area contributed by atoms with Crippen molar-refractivity contribution in [1.29, 1.82) is 0 Å². The molecule has 58 heavy (non-hydrogen) atoms. The van der Waals surface area contributed by atoms with Crippen LogP contribution in [0.5, 0.6) is 0 Å². The van der Waals surface area contributed by atoms with E-state index in [1.165, 1.54) is 25.7 Å². The third kappa shape index (κ3) is 30.1. The molecule has 4 N–H and O–H groups in total. The molecule has 0 saturated carbocycles. The van der Waals surface area contributed by atoms with Crippen molar-refractivity contribution in [2.45, 2.75) is 179 Å². The smallest absolute Gasteiger partial charge is 0.462 e. The number of esters is 2. The lowest BCUT2D eigenvalue weighted by Crippen LogP contribution is -2.43. The highest BCUT2D eigenvalue weighted by Gasteiger charge is 2.35. The molecule has 0 aromatic carbocycles. The Labute approximate surface area is 350 Å². The SMILES string of the molecule is CCCCCC/C=C\CCCCCCCC(=O)OC[C@H](COP(=O)(O)OCC[N+](C)(C)C)OC(=O)CCC/C=C\C[C@H]1[C@@H](O)CC(O)O[C@@H]1/C=C/[C@@H](O)CCCCC. The number of hydrogen-bond donors (Lipinski definition) is 4. The molecule has 2 unspecified atom stereocenters. The van der Waals surface area contributed by atoms with E-state index in [0.29, 0.717) is 43.1 Å². The fourth-order valence-electron chi connectivity index (χ4n) is 6.34. The fraction of sp³-hybridized carbons (Fsp3) is 0.818. The molecule has 7 atom stereocenters. The molecule has 0 spiro atoms. The van der Waals surface area contributed by atoms with Gasteiger partial charge in [-0.2, -0.15) is 0 Å². The van der Waals surface area contributed by atoms with Crippen LogP contribution in [0.1, 0.15) is 149 Å². The normalized spacial score (nSPS) is 21.1. The number of unbranched alkanes of at least 4 members (excludes halogenated alkanes) is 12. The quantitative estimate of drug-likeness (QED) is 0.0158. The third-order valence-corrected chi connectivity index (χ3v) is 10.9. The van der Waals surface area contributed by atoms with Gasteiger partial charge in [0, 0.05) is 25.2 Å². The van der Waals surface area contributed by atoms with Crippen LogP contribution in [0.4, 0.5) is 0 Å². The molecule has 1 aliphatic heterocycles. The van der Waals surface area contributed by atoms with Crippen molar-refractivity contribution in [2.24, 2.45) is 5.92 Å². The predicted molar refractivity (Wildman–Crippen MR) is 228 cm³/mol. The Balaban J connectivity index is 2.57. The van der Waals surface area contributed by atoms with E-state index in [9.17, 15) is 34.4 Å². The molecule has 0 radical (unpaired) electrons. The zero-order valence-corrected chi connectivity index (χ0v) is 37.4. The van der Waals surface area contributed by atoms with Gasteiger partial charge in [0.25, 0.3) is 0 Å². The maximum Gasteiger partial charge on any atom is 0.472 e. The topological polar surface area (TPSA) is 178 Å². The molecule has 338 valence electrons. The lowest BCUT2D eigenvalue weighted by molar-refractivity contribution is -0.870. The van der Waals surface area contributed by atoms with Crippen LogP contribution in [-0.4, -0.2) is 115 Å². The molecule has 0 bridgehead atoms. The molecule has 14 heteroatoms. The van der Waals surface area contributed by atoms with E-state index in [-0.39, 0.29) is 38.4 Å². The molecule has 0 aromatic heterocycles. The number of phosphoric ester groups is 1. The first kappa shape index (κ1) is 54.1. The standard InChI is InChI=1S/C44H80NO12P/c1-6-8-10-11-12-13-14-15-16-17-18-19-24-28-42(48)53-35-38(36-55-58(51,52)54-33-32-45(3,4)5)56-43(49)29-25-21-20-23-27-39-40(47)34-44(50)57-41(39)31-30-37(46)26-22-9-7-2/h13-14,20,23,30-31,37-41,44,46-47,50H,6-12,15-19,21-22,24-29,32-36H2,1-5H3/p+1/b14-13-,23-20-,31-30+/t37-,38+,39-,40-,41+,44?/m0/s1. The Morgan fingerprint density at radius 1 is 0.793 bits per heavy atom. The Hall–Kier alpha value is -1.93. The predicted octanol–water partition coefficient (Wildman–Crippen LogP) is 8.24. The van der Waals surface area contributed by atoms with E-state index in [1.54, 1.807) is 12.2 Å². The molecule has 1 fully saturated rings. The summed E-state index contributed by atoms with van der Waals surface area (Å²) < 4.78 is 39.9. The zero-order chi connectivity index (χ0) is 43.1. The van der Waals surface area contributed by atoms with E-state index in [2.05, 4.69) is 26.0 Å². The number of allylic oxidation sites excluding steroid dienone is 4. The first-order valence-electron chi connectivity index (χ1n) is 22.1. The highest BCUT2D eigenvalue weighted by atomic mass is 31.2. The van der Waals surface area contributed by atoms with Crippen molar-refractivity contribution in [3.8, 4) is 0 Å². The van der Waals surface area contributed by atoms with Crippen LogP contribution >= 0.6 is 7.82 Å². The van der Waals surface area contributed by atoms with Crippen molar-refractivity contribution in [1.82, 2.24) is 0 Å². The van der Waals surface area contributed by atoms with E-state index >= 15 is 0 Å². The van der Waals surface area contributed by atoms with Crippen molar-refractivity contribution < 1.29 is 62.1 Å². The highest BCUT2D eigenvalue weighted by Crippen LogP contribution is 2.43. The summed E-state index contributed by atoms with van der Waals surface area (Å²) in [6.45, 7) is 3.96. The van der Waals surface area contributed by atoms with Gasteiger partial charge >= 0.3 is 19.8 Å². The Bertz CT molecular complexity index is 1210. The first-order valence-corrected chi connectivity index (χ1v) is 23.6. The Kier molecular flexibility index (Phi) is 30.6. The van der Waals surface area contributed by atoms with Gasteiger partial charge in [0.15, 0.2) is 12.4 Å². The number of nitrogens with zero attached hydrogens (tertiary/aromatic N) is 1. The maximum atomic E-state index is 12.8. The molecule has 0 amide bonds. The van der Waals surface area contributed by atoms with Crippen LogP contribution in [0, 0.1) is 5.92 Å². The number of hydrogen-bond acceptors (Lipinski definition) is 11. The number of carbonyl (C=O) groups excluding carboxylic acids is 2. The molecule has 0 aliphatic carbocycles. The van der Waals surface area contributed by atoms with Gasteiger partial charge in [-0.1, -0.05) is 108 Å². The van der Waals surface area contributed by atoms with Gasteiger partial charge in [0.05, 0.1) is 46.1 Å². The molecule has 1 rings (SSSR count). The number of rotatable bonds is 35. The Morgan fingerprint density at radius 3 is 2.09 bits per heavy atom. The monoisotopic (exact) mass is 847 g/mol. The second kappa shape index (κ2) is 32.8. The van der Waals surface area contributed by atoms with Crippen molar-refractivity contribution in [3.63, 3.8) is 0 Å². The number of quaternary nitrogens is 1. The van der Waals surface area contributed by atoms with Gasteiger partial charge in [0.2, 0.25) is 0 Å². The highest BCUT2D eigenvalue weighted by molar-refractivity contribution is 7.47. The summed E-state index contributed by atoms with van der Waals surface area (Å²) >= 11 is 0. The van der Waals surface area contributed by atoms with E-state index < -0.39 is 57.1 Å². The van der Waals surface area contributed by atoms with Crippen LogP contribution in [0.25, 0.3) is 0 Å². The lowest BCUT2D eigenvalue weighted by atomic mass is 9.87. The largest absolute Gasteiger partial charge is 0.472 e. The van der Waals surface area contributed by atoms with Crippen molar-refractivity contribution in [2.75, 3.05) is 47.5 Å². The number of carbonyl (C=O) groups is 2. The number of ether oxygens (including phenoxy) is 3. The van der Waals surface area contributed by atoms with Crippen LogP contribution in [0.2, 0.25) is 0 Å². The summed E-state index contributed by atoms with van der Waals surface area (Å²) in [5, 5.41) is 31.0. The van der Waals surface area contributed by atoms with Crippen LogP contribution in [0.3, 0.4) is 0 Å². The van der Waals surface area contributed by atoms with Crippen molar-refractivity contribution in [3.05, 3.63) is 36.5 Å².